The van der Waals surface area contributed by atoms with Crippen molar-refractivity contribution in [3.63, 3.8) is 0 Å². The Kier molecular flexibility index (Phi) is 7.16. The van der Waals surface area contributed by atoms with Gasteiger partial charge < -0.3 is 9.32 Å². The second kappa shape index (κ2) is 9.70. The van der Waals surface area contributed by atoms with Gasteiger partial charge in [-0.3, -0.25) is 9.10 Å². The molecule has 0 bridgehead atoms. The molecule has 176 valence electrons. The number of benzene rings is 2. The molecule has 0 unspecified atom stereocenters. The number of furan rings is 1. The highest BCUT2D eigenvalue weighted by molar-refractivity contribution is 7.92. The highest BCUT2D eigenvalue weighted by Crippen LogP contribution is 2.32. The van der Waals surface area contributed by atoms with Crippen LogP contribution in [0.3, 0.4) is 0 Å². The highest BCUT2D eigenvalue weighted by Gasteiger charge is 2.33. The number of anilines is 1. The first-order valence-electron chi connectivity index (χ1n) is 10.0. The number of amides is 1. The smallest absolute Gasteiger partial charge is 0.416 e. The quantitative estimate of drug-likeness (QED) is 0.462. The molecule has 2 aromatic carbocycles. The van der Waals surface area contributed by atoms with Crippen LogP contribution in [0.1, 0.15) is 23.3 Å². The molecule has 0 saturated carbocycles. The topological polar surface area (TPSA) is 70.8 Å². The first-order chi connectivity index (χ1) is 15.5. The molecule has 0 aliphatic rings. The maximum absolute atomic E-state index is 13.4. The van der Waals surface area contributed by atoms with Crippen molar-refractivity contribution in [2.75, 3.05) is 17.9 Å². The monoisotopic (exact) mass is 480 g/mol. The SMILES string of the molecule is Cc1ccc(N(CCC(=O)N(C)Cc2ccco2)S(=O)(=O)c2cccc(C(F)(F)F)c2)cc1. The van der Waals surface area contributed by atoms with Crippen LogP contribution in [0.2, 0.25) is 0 Å². The van der Waals surface area contributed by atoms with E-state index in [4.69, 9.17) is 4.42 Å². The highest BCUT2D eigenvalue weighted by atomic mass is 32.2. The van der Waals surface area contributed by atoms with Crippen molar-refractivity contribution in [3.8, 4) is 0 Å². The zero-order valence-electron chi connectivity index (χ0n) is 18.0. The van der Waals surface area contributed by atoms with Gasteiger partial charge in [0.25, 0.3) is 10.0 Å². The number of carbonyl (C=O) groups is 1. The molecule has 0 aliphatic heterocycles. The van der Waals surface area contributed by atoms with Crippen molar-refractivity contribution in [2.24, 2.45) is 0 Å². The lowest BCUT2D eigenvalue weighted by molar-refractivity contribution is -0.137. The molecule has 3 aromatic rings. The Labute approximate surface area is 190 Å². The third kappa shape index (κ3) is 5.95. The number of sulfonamides is 1. The van der Waals surface area contributed by atoms with Gasteiger partial charge >= 0.3 is 6.18 Å². The third-order valence-corrected chi connectivity index (χ3v) is 6.82. The Morgan fingerprint density at radius 1 is 1.03 bits per heavy atom. The Hall–Kier alpha value is -3.27. The summed E-state index contributed by atoms with van der Waals surface area (Å²) in [6.45, 7) is 1.78. The summed E-state index contributed by atoms with van der Waals surface area (Å²) in [6.07, 6.45) is -3.39. The van der Waals surface area contributed by atoms with Crippen LogP contribution >= 0.6 is 0 Å². The minimum Gasteiger partial charge on any atom is -0.467 e. The second-order valence-corrected chi connectivity index (χ2v) is 9.38. The van der Waals surface area contributed by atoms with Gasteiger partial charge in [-0.05, 0) is 49.4 Å². The Bertz CT molecular complexity index is 1190. The molecule has 6 nitrogen and oxygen atoms in total. The number of halogens is 3. The molecule has 0 atom stereocenters. The average molecular weight is 481 g/mol. The lowest BCUT2D eigenvalue weighted by atomic mass is 10.2. The van der Waals surface area contributed by atoms with E-state index in [0.29, 0.717) is 11.8 Å². The summed E-state index contributed by atoms with van der Waals surface area (Å²) in [5.41, 5.74) is 0.0608. The molecule has 1 amide bonds. The molecule has 3 rings (SSSR count). The maximum Gasteiger partial charge on any atom is 0.416 e. The van der Waals surface area contributed by atoms with E-state index >= 15 is 0 Å². The molecule has 0 fully saturated rings. The van der Waals surface area contributed by atoms with Crippen molar-refractivity contribution >= 4 is 21.6 Å². The van der Waals surface area contributed by atoms with Crippen molar-refractivity contribution in [2.45, 2.75) is 31.0 Å². The second-order valence-electron chi connectivity index (χ2n) is 7.52. The lowest BCUT2D eigenvalue weighted by Gasteiger charge is -2.26. The first-order valence-corrected chi connectivity index (χ1v) is 11.5. The minimum atomic E-state index is -4.69. The van der Waals surface area contributed by atoms with E-state index in [0.717, 1.165) is 28.1 Å². The normalized spacial score (nSPS) is 11.9. The van der Waals surface area contributed by atoms with E-state index in [1.54, 1.807) is 43.4 Å². The van der Waals surface area contributed by atoms with Gasteiger partial charge in [-0.2, -0.15) is 13.2 Å². The van der Waals surface area contributed by atoms with Gasteiger partial charge in [0.2, 0.25) is 5.91 Å². The number of nitrogens with zero attached hydrogens (tertiary/aromatic N) is 2. The lowest BCUT2D eigenvalue weighted by Crippen LogP contribution is -2.36. The maximum atomic E-state index is 13.4. The van der Waals surface area contributed by atoms with Gasteiger partial charge in [-0.1, -0.05) is 23.8 Å². The summed E-state index contributed by atoms with van der Waals surface area (Å²) in [6, 6.07) is 13.4. The van der Waals surface area contributed by atoms with E-state index < -0.39 is 26.7 Å². The Morgan fingerprint density at radius 2 is 1.73 bits per heavy atom. The summed E-state index contributed by atoms with van der Waals surface area (Å²) in [4.78, 5) is 13.5. The van der Waals surface area contributed by atoms with E-state index in [2.05, 4.69) is 0 Å². The van der Waals surface area contributed by atoms with Gasteiger partial charge in [-0.15, -0.1) is 0 Å². The summed E-state index contributed by atoms with van der Waals surface area (Å²) < 4.78 is 72.4. The van der Waals surface area contributed by atoms with Gasteiger partial charge in [0.05, 0.1) is 29.0 Å². The van der Waals surface area contributed by atoms with Crippen LogP contribution in [0.15, 0.2) is 76.2 Å². The molecule has 0 saturated heterocycles. The number of alkyl halides is 3. The van der Waals surface area contributed by atoms with E-state index in [1.807, 2.05) is 6.92 Å². The Balaban J connectivity index is 1.88. The van der Waals surface area contributed by atoms with Crippen LogP contribution in [0.25, 0.3) is 0 Å². The molecular formula is C23H23F3N2O4S. The number of carbonyl (C=O) groups excluding carboxylic acids is 1. The summed E-state index contributed by atoms with van der Waals surface area (Å²) >= 11 is 0. The van der Waals surface area contributed by atoms with Crippen molar-refractivity contribution < 1.29 is 30.8 Å². The zero-order valence-corrected chi connectivity index (χ0v) is 18.9. The summed E-state index contributed by atoms with van der Waals surface area (Å²) in [5, 5.41) is 0. The van der Waals surface area contributed by atoms with E-state index in [9.17, 15) is 26.4 Å². The zero-order chi connectivity index (χ0) is 24.2. The van der Waals surface area contributed by atoms with Crippen LogP contribution in [0.5, 0.6) is 0 Å². The van der Waals surface area contributed by atoms with Crippen molar-refractivity contribution in [1.29, 1.82) is 0 Å². The van der Waals surface area contributed by atoms with Crippen LogP contribution in [-0.2, 0) is 27.5 Å². The van der Waals surface area contributed by atoms with Gasteiger partial charge in [0, 0.05) is 20.0 Å². The van der Waals surface area contributed by atoms with Crippen LogP contribution in [0, 0.1) is 6.92 Å². The van der Waals surface area contributed by atoms with Gasteiger partial charge in [0.15, 0.2) is 0 Å². The average Bonchev–Trinajstić information content (AvgIpc) is 3.27. The summed E-state index contributed by atoms with van der Waals surface area (Å²) in [7, 11) is -2.82. The number of aryl methyl sites for hydroxylation is 1. The minimum absolute atomic E-state index is 0.177. The van der Waals surface area contributed by atoms with E-state index in [-0.39, 0.29) is 31.1 Å². The number of hydrogen-bond acceptors (Lipinski definition) is 4. The van der Waals surface area contributed by atoms with Crippen LogP contribution < -0.4 is 4.31 Å². The standard InChI is InChI=1S/C23H23F3N2O4S/c1-17-8-10-19(11-9-17)28(13-12-22(29)27(2)16-20-6-4-14-32-20)33(30,31)21-7-3-5-18(15-21)23(24,25)26/h3-11,14-15H,12-13,16H2,1-2H3. The molecular weight excluding hydrogens is 457 g/mol. The van der Waals surface area contributed by atoms with Gasteiger partial charge in [-0.25, -0.2) is 8.42 Å². The fourth-order valence-electron chi connectivity index (χ4n) is 3.17. The molecule has 0 spiro atoms. The third-order valence-electron chi connectivity index (χ3n) is 5.00. The Morgan fingerprint density at radius 3 is 2.33 bits per heavy atom. The molecule has 33 heavy (non-hydrogen) atoms. The number of hydrogen-bond donors (Lipinski definition) is 0. The van der Waals surface area contributed by atoms with Crippen molar-refractivity contribution in [3.05, 3.63) is 83.8 Å². The first kappa shape index (κ1) is 24.4. The fourth-order valence-corrected chi connectivity index (χ4v) is 4.68. The summed E-state index contributed by atoms with van der Waals surface area (Å²) in [5.74, 6) is 0.223. The largest absolute Gasteiger partial charge is 0.467 e. The molecule has 0 aliphatic carbocycles. The molecule has 0 N–H and O–H groups in total. The molecule has 1 aromatic heterocycles. The predicted octanol–water partition coefficient (Wildman–Crippen LogP) is 4.85. The molecule has 10 heteroatoms. The number of rotatable bonds is 8. The predicted molar refractivity (Wildman–Crippen MR) is 117 cm³/mol. The molecule has 0 radical (unpaired) electrons. The van der Waals surface area contributed by atoms with Crippen LogP contribution in [0.4, 0.5) is 18.9 Å². The van der Waals surface area contributed by atoms with Crippen LogP contribution in [-0.4, -0.2) is 32.8 Å². The van der Waals surface area contributed by atoms with Crippen molar-refractivity contribution in [1.82, 2.24) is 4.90 Å². The van der Waals surface area contributed by atoms with Gasteiger partial charge in [0.1, 0.15) is 5.76 Å². The fraction of sp³-hybridized carbons (Fsp3) is 0.261. The molecule has 1 heterocycles. The van der Waals surface area contributed by atoms with E-state index in [1.165, 1.54) is 11.2 Å².